The first-order valence-electron chi connectivity index (χ1n) is 8.95. The van der Waals surface area contributed by atoms with Crippen LogP contribution < -0.4 is 15.4 Å². The molecule has 3 rings (SSSR count). The van der Waals surface area contributed by atoms with E-state index in [-0.39, 0.29) is 24.5 Å². The second-order valence-corrected chi connectivity index (χ2v) is 6.29. The van der Waals surface area contributed by atoms with E-state index in [2.05, 4.69) is 15.7 Å². The van der Waals surface area contributed by atoms with Crippen molar-refractivity contribution in [2.24, 2.45) is 0 Å². The van der Waals surface area contributed by atoms with Crippen molar-refractivity contribution < 1.29 is 27.8 Å². The van der Waals surface area contributed by atoms with E-state index in [0.29, 0.717) is 5.75 Å². The largest absolute Gasteiger partial charge is 0.491 e. The molecule has 3 N–H and O–H groups in total. The van der Waals surface area contributed by atoms with Crippen LogP contribution in [0.25, 0.3) is 5.69 Å². The minimum Gasteiger partial charge on any atom is -0.491 e. The van der Waals surface area contributed by atoms with Crippen molar-refractivity contribution in [3.05, 3.63) is 72.6 Å². The highest BCUT2D eigenvalue weighted by molar-refractivity contribution is 5.91. The molecule has 0 fully saturated rings. The molecule has 7 nitrogen and oxygen atoms in total. The highest BCUT2D eigenvalue weighted by Gasteiger charge is 2.31. The van der Waals surface area contributed by atoms with Gasteiger partial charge in [-0.25, -0.2) is 9.48 Å². The first-order chi connectivity index (χ1) is 14.3. The normalized spacial score (nSPS) is 12.3. The van der Waals surface area contributed by atoms with Gasteiger partial charge in [0, 0.05) is 18.9 Å². The number of ether oxygens (including phenoxy) is 1. The molecule has 30 heavy (non-hydrogen) atoms. The number of rotatable bonds is 7. The number of nitrogens with zero attached hydrogens (tertiary/aromatic N) is 2. The number of alkyl halides is 3. The maximum Gasteiger partial charge on any atom is 0.416 e. The SMILES string of the molecule is O=C(NC[C@H](O)COc1ccccc1)Nc1cc(C(F)(F)F)ccc1-n1cccn1. The van der Waals surface area contributed by atoms with Crippen molar-refractivity contribution in [1.29, 1.82) is 0 Å². The molecule has 0 aliphatic carbocycles. The lowest BCUT2D eigenvalue weighted by atomic mass is 10.1. The lowest BCUT2D eigenvalue weighted by molar-refractivity contribution is -0.137. The van der Waals surface area contributed by atoms with Gasteiger partial charge in [-0.2, -0.15) is 18.3 Å². The monoisotopic (exact) mass is 420 g/mol. The van der Waals surface area contributed by atoms with Gasteiger partial charge < -0.3 is 20.5 Å². The zero-order valence-electron chi connectivity index (χ0n) is 15.6. The minimum atomic E-state index is -4.57. The average molecular weight is 420 g/mol. The van der Waals surface area contributed by atoms with Gasteiger partial charge >= 0.3 is 12.2 Å². The van der Waals surface area contributed by atoms with Gasteiger partial charge in [-0.3, -0.25) is 0 Å². The molecule has 158 valence electrons. The standard InChI is InChI=1S/C20H19F3N4O3/c21-20(22,23)14-7-8-18(27-10-4-9-25-27)17(11-14)26-19(29)24-12-15(28)13-30-16-5-2-1-3-6-16/h1-11,15,28H,12-13H2,(H2,24,26,29)/t15-/m0/s1. The topological polar surface area (TPSA) is 88.4 Å². The first-order valence-corrected chi connectivity index (χ1v) is 8.95. The van der Waals surface area contributed by atoms with Crippen LogP contribution in [-0.4, -0.2) is 40.2 Å². The molecule has 1 atom stereocenters. The van der Waals surface area contributed by atoms with Gasteiger partial charge in [0.2, 0.25) is 0 Å². The molecule has 1 heterocycles. The molecule has 3 aromatic rings. The highest BCUT2D eigenvalue weighted by atomic mass is 19.4. The predicted molar refractivity (Wildman–Crippen MR) is 104 cm³/mol. The molecule has 0 bridgehead atoms. The molecule has 2 amide bonds. The van der Waals surface area contributed by atoms with Crippen molar-refractivity contribution in [3.63, 3.8) is 0 Å². The molecule has 2 aromatic carbocycles. The molecule has 0 saturated heterocycles. The van der Waals surface area contributed by atoms with Crippen LogP contribution in [0, 0.1) is 0 Å². The number of nitrogens with one attached hydrogen (secondary N) is 2. The number of hydrogen-bond acceptors (Lipinski definition) is 4. The van der Waals surface area contributed by atoms with E-state index in [1.807, 2.05) is 6.07 Å². The number of carbonyl (C=O) groups is 1. The fourth-order valence-electron chi connectivity index (χ4n) is 2.57. The quantitative estimate of drug-likeness (QED) is 0.546. The zero-order chi connectivity index (χ0) is 21.6. The number of hydrogen-bond donors (Lipinski definition) is 3. The summed E-state index contributed by atoms with van der Waals surface area (Å²) in [5, 5.41) is 18.7. The fourth-order valence-corrected chi connectivity index (χ4v) is 2.57. The summed E-state index contributed by atoms with van der Waals surface area (Å²) < 4.78 is 45.9. The van der Waals surface area contributed by atoms with E-state index in [1.165, 1.54) is 23.1 Å². The van der Waals surface area contributed by atoms with E-state index in [0.717, 1.165) is 12.1 Å². The van der Waals surface area contributed by atoms with Crippen LogP contribution in [0.5, 0.6) is 5.75 Å². The summed E-state index contributed by atoms with van der Waals surface area (Å²) >= 11 is 0. The Morgan fingerprint density at radius 1 is 1.17 bits per heavy atom. The lowest BCUT2D eigenvalue weighted by Crippen LogP contribution is -2.37. The third kappa shape index (κ3) is 5.74. The van der Waals surface area contributed by atoms with Crippen LogP contribution in [0.2, 0.25) is 0 Å². The molecule has 0 saturated carbocycles. The number of urea groups is 1. The van der Waals surface area contributed by atoms with Crippen molar-refractivity contribution in [2.75, 3.05) is 18.5 Å². The number of carbonyl (C=O) groups excluding carboxylic acids is 1. The van der Waals surface area contributed by atoms with Crippen LogP contribution in [0.4, 0.5) is 23.7 Å². The molecule has 0 radical (unpaired) electrons. The second kappa shape index (κ2) is 9.31. The summed E-state index contributed by atoms with van der Waals surface area (Å²) in [6, 6.07) is 12.6. The molecule has 1 aromatic heterocycles. The Kier molecular flexibility index (Phi) is 6.58. The van der Waals surface area contributed by atoms with Gasteiger partial charge in [-0.1, -0.05) is 18.2 Å². The van der Waals surface area contributed by atoms with Gasteiger partial charge in [-0.05, 0) is 36.4 Å². The number of anilines is 1. The average Bonchev–Trinajstić information content (AvgIpc) is 3.25. The van der Waals surface area contributed by atoms with E-state index >= 15 is 0 Å². The van der Waals surface area contributed by atoms with Crippen molar-refractivity contribution in [2.45, 2.75) is 12.3 Å². The Labute approximate surface area is 170 Å². The van der Waals surface area contributed by atoms with Gasteiger partial charge in [-0.15, -0.1) is 0 Å². The smallest absolute Gasteiger partial charge is 0.416 e. The number of halogens is 3. The van der Waals surface area contributed by atoms with Crippen LogP contribution in [0.15, 0.2) is 67.0 Å². The summed E-state index contributed by atoms with van der Waals surface area (Å²) in [5.74, 6) is 0.564. The summed E-state index contributed by atoms with van der Waals surface area (Å²) in [4.78, 5) is 12.2. The van der Waals surface area contributed by atoms with Crippen LogP contribution in [-0.2, 0) is 6.18 Å². The maximum atomic E-state index is 13.1. The summed E-state index contributed by atoms with van der Waals surface area (Å²) in [6.07, 6.45) is -2.58. The van der Waals surface area contributed by atoms with Gasteiger partial charge in [0.05, 0.1) is 16.9 Å². The molecule has 10 heteroatoms. The molecular weight excluding hydrogens is 401 g/mol. The van der Waals surface area contributed by atoms with Gasteiger partial charge in [0.15, 0.2) is 0 Å². The third-order valence-electron chi connectivity index (χ3n) is 4.01. The van der Waals surface area contributed by atoms with Gasteiger partial charge in [0.1, 0.15) is 18.5 Å². The number of aromatic nitrogens is 2. The summed E-state index contributed by atoms with van der Waals surface area (Å²) in [7, 11) is 0. The molecule has 0 spiro atoms. The Hall–Kier alpha value is -3.53. The van der Waals surface area contributed by atoms with Crippen molar-refractivity contribution >= 4 is 11.7 Å². The van der Waals surface area contributed by atoms with Crippen LogP contribution in [0.3, 0.4) is 0 Å². The molecule has 0 aliphatic rings. The third-order valence-corrected chi connectivity index (χ3v) is 4.01. The Morgan fingerprint density at radius 2 is 1.93 bits per heavy atom. The first kappa shape index (κ1) is 21.2. The highest BCUT2D eigenvalue weighted by Crippen LogP contribution is 2.33. The molecular formula is C20H19F3N4O3. The zero-order valence-corrected chi connectivity index (χ0v) is 15.6. The number of para-hydroxylation sites is 1. The Morgan fingerprint density at radius 3 is 2.60 bits per heavy atom. The van der Waals surface area contributed by atoms with Crippen LogP contribution in [0.1, 0.15) is 5.56 Å². The number of aliphatic hydroxyl groups excluding tert-OH is 1. The number of amides is 2. The molecule has 0 unspecified atom stereocenters. The number of benzene rings is 2. The maximum absolute atomic E-state index is 13.1. The van der Waals surface area contributed by atoms with E-state index in [1.54, 1.807) is 30.3 Å². The molecule has 0 aliphatic heterocycles. The Bertz CT molecular complexity index is 963. The Balaban J connectivity index is 1.62. The minimum absolute atomic E-state index is 0.0631. The predicted octanol–water partition coefficient (Wildman–Crippen LogP) is 3.45. The van der Waals surface area contributed by atoms with E-state index < -0.39 is 23.9 Å². The second-order valence-electron chi connectivity index (χ2n) is 6.29. The van der Waals surface area contributed by atoms with Crippen molar-refractivity contribution in [3.8, 4) is 11.4 Å². The van der Waals surface area contributed by atoms with Crippen LogP contribution >= 0.6 is 0 Å². The fraction of sp³-hybridized carbons (Fsp3) is 0.200. The number of aliphatic hydroxyl groups is 1. The lowest BCUT2D eigenvalue weighted by Gasteiger charge is -2.16. The summed E-state index contributed by atoms with van der Waals surface area (Å²) in [5.41, 5.74) is -0.734. The van der Waals surface area contributed by atoms with E-state index in [9.17, 15) is 23.1 Å². The summed E-state index contributed by atoms with van der Waals surface area (Å²) in [6.45, 7) is -0.221. The van der Waals surface area contributed by atoms with Crippen molar-refractivity contribution in [1.82, 2.24) is 15.1 Å². The van der Waals surface area contributed by atoms with E-state index in [4.69, 9.17) is 4.74 Å². The van der Waals surface area contributed by atoms with Gasteiger partial charge in [0.25, 0.3) is 0 Å².